The second kappa shape index (κ2) is 11.7. The number of hydrazine groups is 2. The predicted molar refractivity (Wildman–Crippen MR) is 91.4 cm³/mol. The summed E-state index contributed by atoms with van der Waals surface area (Å²) >= 11 is 0. The van der Waals surface area contributed by atoms with Crippen molar-refractivity contribution in [3.63, 3.8) is 0 Å². The number of carbonyl (C=O) groups excluding carboxylic acids is 1. The molecule has 5 heteroatoms. The third kappa shape index (κ3) is 8.59. The van der Waals surface area contributed by atoms with Crippen molar-refractivity contribution in [3.05, 3.63) is 0 Å². The molecule has 6 N–H and O–H groups in total. The molecule has 0 radical (unpaired) electrons. The minimum absolute atomic E-state index is 0.306. The Balaban J connectivity index is 0.000000346. The van der Waals surface area contributed by atoms with Gasteiger partial charge in [0.05, 0.1) is 0 Å². The number of nitrogens with zero attached hydrogens (tertiary/aromatic N) is 1. The molecule has 0 bridgehead atoms. The molecule has 2 aliphatic carbocycles. The zero-order valence-corrected chi connectivity index (χ0v) is 14.1. The topological polar surface area (TPSA) is 98.4 Å². The van der Waals surface area contributed by atoms with Crippen LogP contribution in [-0.2, 0) is 0 Å². The van der Waals surface area contributed by atoms with E-state index in [1.807, 2.05) is 0 Å². The van der Waals surface area contributed by atoms with Gasteiger partial charge in [0.2, 0.25) is 0 Å². The standard InChI is InChI=1S/C16H30.CH6N4O/c1-3-7-11-15(12-8-4-1)16-13-9-5-2-6-10-14-16;2-1(6)5(3)4/h15-16H,1-14H2;3-4H2,(H2,2,6). The second-order valence-electron chi connectivity index (χ2n) is 6.96. The van der Waals surface area contributed by atoms with Gasteiger partial charge in [0.15, 0.2) is 0 Å². The Labute approximate surface area is 135 Å². The average molecular weight is 313 g/mol. The van der Waals surface area contributed by atoms with Crippen LogP contribution in [-0.4, -0.2) is 11.1 Å². The van der Waals surface area contributed by atoms with Crippen LogP contribution in [0.1, 0.15) is 89.9 Å². The summed E-state index contributed by atoms with van der Waals surface area (Å²) in [4.78, 5) is 9.60. The summed E-state index contributed by atoms with van der Waals surface area (Å²) in [6.45, 7) is 0. The van der Waals surface area contributed by atoms with Crippen molar-refractivity contribution in [2.45, 2.75) is 89.9 Å². The Morgan fingerprint density at radius 2 is 0.864 bits per heavy atom. The van der Waals surface area contributed by atoms with E-state index in [0.29, 0.717) is 5.12 Å². The molecule has 2 saturated carbocycles. The maximum absolute atomic E-state index is 9.60. The van der Waals surface area contributed by atoms with Crippen molar-refractivity contribution in [1.29, 1.82) is 0 Å². The van der Waals surface area contributed by atoms with Gasteiger partial charge in [-0.1, -0.05) is 89.9 Å². The number of carbonyl (C=O) groups is 1. The molecule has 2 rings (SSSR count). The van der Waals surface area contributed by atoms with Crippen molar-refractivity contribution in [2.24, 2.45) is 29.3 Å². The Hall–Kier alpha value is -0.810. The maximum Gasteiger partial charge on any atom is 0.343 e. The number of hydrogen-bond acceptors (Lipinski definition) is 3. The summed E-state index contributed by atoms with van der Waals surface area (Å²) in [5.74, 6) is 11.4. The van der Waals surface area contributed by atoms with Crippen LogP contribution in [0.2, 0.25) is 0 Å². The van der Waals surface area contributed by atoms with E-state index >= 15 is 0 Å². The van der Waals surface area contributed by atoms with Crippen LogP contribution < -0.4 is 17.4 Å². The van der Waals surface area contributed by atoms with E-state index in [1.54, 1.807) is 25.7 Å². The van der Waals surface area contributed by atoms with Crippen molar-refractivity contribution in [3.8, 4) is 0 Å². The van der Waals surface area contributed by atoms with Gasteiger partial charge < -0.3 is 5.73 Å². The first-order valence-electron chi connectivity index (χ1n) is 9.20. The predicted octanol–water partition coefficient (Wildman–Crippen LogP) is 3.82. The summed E-state index contributed by atoms with van der Waals surface area (Å²) in [5, 5.41) is 0.306. The fourth-order valence-electron chi connectivity index (χ4n) is 3.92. The fraction of sp³-hybridized carbons (Fsp3) is 0.941. The highest BCUT2D eigenvalue weighted by Gasteiger charge is 2.22. The van der Waals surface area contributed by atoms with Crippen LogP contribution in [0.3, 0.4) is 0 Å². The number of hydrogen-bond donors (Lipinski definition) is 3. The third-order valence-electron chi connectivity index (χ3n) is 5.22. The van der Waals surface area contributed by atoms with Crippen LogP contribution >= 0.6 is 0 Å². The van der Waals surface area contributed by atoms with E-state index in [-0.39, 0.29) is 0 Å². The summed E-state index contributed by atoms with van der Waals surface area (Å²) in [6.07, 6.45) is 21.4. The molecule has 0 heterocycles. The van der Waals surface area contributed by atoms with Crippen molar-refractivity contribution >= 4 is 6.03 Å². The molecule has 0 unspecified atom stereocenters. The Morgan fingerprint density at radius 1 is 0.636 bits per heavy atom. The lowest BCUT2D eigenvalue weighted by molar-refractivity contribution is 0.210. The molecule has 130 valence electrons. The first-order valence-corrected chi connectivity index (χ1v) is 9.20. The molecule has 2 fully saturated rings. The highest BCUT2D eigenvalue weighted by molar-refractivity contribution is 5.70. The largest absolute Gasteiger partial charge is 0.349 e. The lowest BCUT2D eigenvalue weighted by Crippen LogP contribution is -2.46. The van der Waals surface area contributed by atoms with Crippen LogP contribution in [0, 0.1) is 11.8 Å². The van der Waals surface area contributed by atoms with E-state index in [9.17, 15) is 4.79 Å². The lowest BCUT2D eigenvalue weighted by Gasteiger charge is -2.30. The minimum atomic E-state index is -0.852. The quantitative estimate of drug-likeness (QED) is 0.390. The monoisotopic (exact) mass is 312 g/mol. The molecule has 2 aliphatic rings. The molecular formula is C17H36N4O. The van der Waals surface area contributed by atoms with Gasteiger partial charge in [0, 0.05) is 0 Å². The average Bonchev–Trinajstić information content (AvgIpc) is 2.40. The zero-order chi connectivity index (χ0) is 16.2. The molecule has 5 nitrogen and oxygen atoms in total. The maximum atomic E-state index is 9.60. The van der Waals surface area contributed by atoms with Crippen LogP contribution in [0.4, 0.5) is 4.79 Å². The molecule has 0 aromatic rings. The normalized spacial score (nSPS) is 22.3. The summed E-state index contributed by atoms with van der Waals surface area (Å²) in [7, 11) is 0. The molecule has 0 atom stereocenters. The van der Waals surface area contributed by atoms with Gasteiger partial charge in [-0.25, -0.2) is 16.5 Å². The Kier molecular flexibility index (Phi) is 10.2. The summed E-state index contributed by atoms with van der Waals surface area (Å²) in [6, 6.07) is -0.852. The summed E-state index contributed by atoms with van der Waals surface area (Å²) in [5.41, 5.74) is 4.47. The minimum Gasteiger partial charge on any atom is -0.349 e. The number of rotatable bonds is 1. The van der Waals surface area contributed by atoms with Gasteiger partial charge in [-0.3, -0.25) is 0 Å². The second-order valence-corrected chi connectivity index (χ2v) is 6.96. The van der Waals surface area contributed by atoms with E-state index in [1.165, 1.54) is 64.2 Å². The molecule has 0 spiro atoms. The molecule has 0 aromatic heterocycles. The van der Waals surface area contributed by atoms with Crippen molar-refractivity contribution in [1.82, 2.24) is 5.12 Å². The first-order chi connectivity index (χ1) is 10.6. The van der Waals surface area contributed by atoms with Gasteiger partial charge in [-0.05, 0) is 11.8 Å². The van der Waals surface area contributed by atoms with Gasteiger partial charge in [-0.15, -0.1) is 0 Å². The third-order valence-corrected chi connectivity index (χ3v) is 5.22. The SMILES string of the molecule is C1CCCC(C2CCCCCCC2)CCC1.NC(=O)N(N)N. The van der Waals surface area contributed by atoms with E-state index < -0.39 is 6.03 Å². The molecule has 22 heavy (non-hydrogen) atoms. The van der Waals surface area contributed by atoms with Gasteiger partial charge in [0.1, 0.15) is 0 Å². The number of primary amides is 1. The Morgan fingerprint density at radius 3 is 1.09 bits per heavy atom. The van der Waals surface area contributed by atoms with Crippen LogP contribution in [0.15, 0.2) is 0 Å². The molecule has 0 saturated heterocycles. The number of urea groups is 1. The molecule has 0 aliphatic heterocycles. The van der Waals surface area contributed by atoms with Gasteiger partial charge in [0.25, 0.3) is 0 Å². The Bertz CT molecular complexity index is 260. The molecular weight excluding hydrogens is 276 g/mol. The summed E-state index contributed by atoms with van der Waals surface area (Å²) < 4.78 is 0. The van der Waals surface area contributed by atoms with E-state index in [2.05, 4.69) is 17.4 Å². The lowest BCUT2D eigenvalue weighted by atomic mass is 9.76. The number of nitrogens with two attached hydrogens (primary N) is 3. The van der Waals surface area contributed by atoms with Crippen molar-refractivity contribution < 1.29 is 4.79 Å². The number of amides is 2. The van der Waals surface area contributed by atoms with E-state index in [4.69, 9.17) is 0 Å². The van der Waals surface area contributed by atoms with Crippen molar-refractivity contribution in [2.75, 3.05) is 0 Å². The van der Waals surface area contributed by atoms with E-state index in [0.717, 1.165) is 11.8 Å². The smallest absolute Gasteiger partial charge is 0.343 e. The highest BCUT2D eigenvalue weighted by atomic mass is 16.2. The zero-order valence-electron chi connectivity index (χ0n) is 14.1. The highest BCUT2D eigenvalue weighted by Crippen LogP contribution is 2.35. The van der Waals surface area contributed by atoms with Crippen LogP contribution in [0.25, 0.3) is 0 Å². The first kappa shape index (κ1) is 19.2. The molecule has 2 amide bonds. The van der Waals surface area contributed by atoms with Gasteiger partial charge in [-0.2, -0.15) is 5.12 Å². The van der Waals surface area contributed by atoms with Crippen LogP contribution in [0.5, 0.6) is 0 Å². The molecule has 0 aromatic carbocycles. The fourth-order valence-corrected chi connectivity index (χ4v) is 3.92. The van der Waals surface area contributed by atoms with Gasteiger partial charge >= 0.3 is 6.03 Å².